The predicted octanol–water partition coefficient (Wildman–Crippen LogP) is 0.495. The van der Waals surface area contributed by atoms with E-state index in [4.69, 9.17) is 0 Å². The highest BCUT2D eigenvalue weighted by atomic mass is 32.2. The minimum atomic E-state index is -3.85. The molecule has 0 unspecified atom stereocenters. The Kier molecular flexibility index (Phi) is 6.10. The number of aromatic amines is 2. The number of carbonyl (C=O) groups is 1. The SMILES string of the molecule is CCC[C@@H](C)NC(=O)c1cccc(S(=O)(=O)NCc2n[nH]c(=O)[nH]2)c1. The number of hydrogen-bond donors (Lipinski definition) is 4. The molecule has 1 amide bonds. The number of aromatic nitrogens is 3. The molecule has 2 rings (SSSR count). The van der Waals surface area contributed by atoms with Crippen LogP contribution in [0.2, 0.25) is 0 Å². The first-order valence-corrected chi connectivity index (χ1v) is 9.34. The molecule has 136 valence electrons. The van der Waals surface area contributed by atoms with Gasteiger partial charge in [-0.2, -0.15) is 5.10 Å². The molecule has 10 heteroatoms. The largest absolute Gasteiger partial charge is 0.350 e. The second kappa shape index (κ2) is 8.08. The Balaban J connectivity index is 2.10. The summed E-state index contributed by atoms with van der Waals surface area (Å²) in [5.41, 5.74) is -0.256. The van der Waals surface area contributed by atoms with Crippen LogP contribution in [0.4, 0.5) is 0 Å². The number of nitrogens with zero attached hydrogens (tertiary/aromatic N) is 1. The fourth-order valence-electron chi connectivity index (χ4n) is 2.25. The van der Waals surface area contributed by atoms with Gasteiger partial charge in [0.2, 0.25) is 10.0 Å². The fraction of sp³-hybridized carbons (Fsp3) is 0.400. The third-order valence-corrected chi connectivity index (χ3v) is 4.88. The molecule has 0 aliphatic carbocycles. The van der Waals surface area contributed by atoms with E-state index in [1.54, 1.807) is 6.07 Å². The average molecular weight is 367 g/mol. The molecule has 1 aromatic carbocycles. The molecular formula is C15H21N5O4S. The van der Waals surface area contributed by atoms with E-state index in [0.29, 0.717) is 0 Å². The van der Waals surface area contributed by atoms with Crippen LogP contribution in [0.25, 0.3) is 0 Å². The summed E-state index contributed by atoms with van der Waals surface area (Å²) in [4.78, 5) is 25.5. The zero-order valence-corrected chi connectivity index (χ0v) is 14.8. The van der Waals surface area contributed by atoms with Crippen molar-refractivity contribution >= 4 is 15.9 Å². The quantitative estimate of drug-likeness (QED) is 0.538. The Morgan fingerprint density at radius 2 is 2.12 bits per heavy atom. The minimum Gasteiger partial charge on any atom is -0.350 e. The number of benzene rings is 1. The van der Waals surface area contributed by atoms with Crippen LogP contribution in [0.5, 0.6) is 0 Å². The molecule has 0 spiro atoms. The van der Waals surface area contributed by atoms with Gasteiger partial charge in [-0.25, -0.2) is 23.0 Å². The van der Waals surface area contributed by atoms with Gasteiger partial charge in [0.1, 0.15) is 5.82 Å². The van der Waals surface area contributed by atoms with Gasteiger partial charge in [0, 0.05) is 11.6 Å². The predicted molar refractivity (Wildman–Crippen MR) is 91.5 cm³/mol. The van der Waals surface area contributed by atoms with E-state index >= 15 is 0 Å². The number of hydrogen-bond acceptors (Lipinski definition) is 5. The van der Waals surface area contributed by atoms with Crippen LogP contribution in [-0.4, -0.2) is 35.5 Å². The van der Waals surface area contributed by atoms with Gasteiger partial charge in [0.25, 0.3) is 5.91 Å². The van der Waals surface area contributed by atoms with E-state index < -0.39 is 15.7 Å². The van der Waals surface area contributed by atoms with Gasteiger partial charge < -0.3 is 5.32 Å². The van der Waals surface area contributed by atoms with Crippen molar-refractivity contribution in [3.05, 3.63) is 46.1 Å². The van der Waals surface area contributed by atoms with Crippen molar-refractivity contribution in [2.45, 2.75) is 44.2 Å². The van der Waals surface area contributed by atoms with Gasteiger partial charge in [-0.1, -0.05) is 19.4 Å². The highest BCUT2D eigenvalue weighted by Crippen LogP contribution is 2.12. The van der Waals surface area contributed by atoms with Crippen LogP contribution in [0.1, 0.15) is 42.9 Å². The van der Waals surface area contributed by atoms with Crippen LogP contribution in [-0.2, 0) is 16.6 Å². The monoisotopic (exact) mass is 367 g/mol. The number of H-pyrrole nitrogens is 2. The summed E-state index contributed by atoms with van der Waals surface area (Å²) < 4.78 is 27.0. The lowest BCUT2D eigenvalue weighted by atomic mass is 10.1. The van der Waals surface area contributed by atoms with E-state index in [0.717, 1.165) is 12.8 Å². The molecule has 0 saturated carbocycles. The molecule has 1 heterocycles. The molecule has 2 aromatic rings. The number of carbonyl (C=O) groups excluding carboxylic acids is 1. The summed E-state index contributed by atoms with van der Waals surface area (Å²) in [5.74, 6) is -0.162. The van der Waals surface area contributed by atoms with Gasteiger partial charge in [-0.15, -0.1) is 0 Å². The zero-order valence-electron chi connectivity index (χ0n) is 14.0. The lowest BCUT2D eigenvalue weighted by molar-refractivity contribution is 0.0938. The Morgan fingerprint density at radius 3 is 2.76 bits per heavy atom. The second-order valence-corrected chi connectivity index (χ2v) is 7.41. The van der Waals surface area contributed by atoms with Gasteiger partial charge in [0.05, 0.1) is 11.4 Å². The average Bonchev–Trinajstić information content (AvgIpc) is 2.99. The Bertz CT molecular complexity index is 887. The number of rotatable bonds is 8. The summed E-state index contributed by atoms with van der Waals surface area (Å²) >= 11 is 0. The summed E-state index contributed by atoms with van der Waals surface area (Å²) in [6.45, 7) is 3.74. The highest BCUT2D eigenvalue weighted by molar-refractivity contribution is 7.89. The summed E-state index contributed by atoms with van der Waals surface area (Å²) in [5, 5.41) is 8.60. The molecule has 4 N–H and O–H groups in total. The number of nitrogens with one attached hydrogen (secondary N) is 4. The zero-order chi connectivity index (χ0) is 18.4. The lowest BCUT2D eigenvalue weighted by Crippen LogP contribution is -2.32. The topological polar surface area (TPSA) is 137 Å². The minimum absolute atomic E-state index is 0.00683. The standard InChI is InChI=1S/C15H21N5O4S/c1-3-5-10(2)17-14(21)11-6-4-7-12(8-11)25(23,24)16-9-13-18-15(22)20-19-13/h4,6-8,10,16H,3,5,9H2,1-2H3,(H,17,21)(H2,18,19,20,22)/t10-/m1/s1. The molecule has 1 atom stereocenters. The smallest absolute Gasteiger partial charge is 0.340 e. The molecule has 0 aliphatic rings. The van der Waals surface area contributed by atoms with Crippen LogP contribution in [0, 0.1) is 0 Å². The summed E-state index contributed by atoms with van der Waals surface area (Å²) in [6.07, 6.45) is 1.78. The highest BCUT2D eigenvalue weighted by Gasteiger charge is 2.17. The molecule has 9 nitrogen and oxygen atoms in total. The first-order valence-electron chi connectivity index (χ1n) is 7.86. The molecule has 0 radical (unpaired) electrons. The van der Waals surface area contributed by atoms with Crippen LogP contribution in [0.15, 0.2) is 34.0 Å². The van der Waals surface area contributed by atoms with E-state index in [-0.39, 0.29) is 34.8 Å². The molecule has 0 saturated heterocycles. The molecule has 0 aliphatic heterocycles. The summed E-state index contributed by atoms with van der Waals surface area (Å²) in [6, 6.07) is 5.76. The van der Waals surface area contributed by atoms with Crippen molar-refractivity contribution in [1.82, 2.24) is 25.2 Å². The van der Waals surface area contributed by atoms with Crippen LogP contribution < -0.4 is 15.7 Å². The Hall–Kier alpha value is -2.46. The van der Waals surface area contributed by atoms with Crippen molar-refractivity contribution in [3.63, 3.8) is 0 Å². The second-order valence-electron chi connectivity index (χ2n) is 5.64. The maximum Gasteiger partial charge on any atom is 0.340 e. The van der Waals surface area contributed by atoms with E-state index in [1.165, 1.54) is 18.2 Å². The molecular weight excluding hydrogens is 346 g/mol. The van der Waals surface area contributed by atoms with Crippen LogP contribution in [0.3, 0.4) is 0 Å². The van der Waals surface area contributed by atoms with Crippen molar-refractivity contribution in [3.8, 4) is 0 Å². The summed E-state index contributed by atoms with van der Waals surface area (Å²) in [7, 11) is -3.85. The maximum atomic E-state index is 12.3. The molecule has 1 aromatic heterocycles. The normalized spacial score (nSPS) is 12.7. The van der Waals surface area contributed by atoms with Crippen LogP contribution >= 0.6 is 0 Å². The first-order chi connectivity index (χ1) is 11.8. The van der Waals surface area contributed by atoms with E-state index in [2.05, 4.69) is 25.2 Å². The molecule has 0 fully saturated rings. The Morgan fingerprint density at radius 1 is 1.36 bits per heavy atom. The van der Waals surface area contributed by atoms with E-state index in [9.17, 15) is 18.0 Å². The lowest BCUT2D eigenvalue weighted by Gasteiger charge is -2.13. The fourth-order valence-corrected chi connectivity index (χ4v) is 3.29. The number of amides is 1. The van der Waals surface area contributed by atoms with Gasteiger partial charge in [-0.05, 0) is 31.5 Å². The van der Waals surface area contributed by atoms with Crippen molar-refractivity contribution in [2.75, 3.05) is 0 Å². The Labute approximate surface area is 145 Å². The van der Waals surface area contributed by atoms with Gasteiger partial charge >= 0.3 is 5.69 Å². The van der Waals surface area contributed by atoms with Crippen molar-refractivity contribution in [1.29, 1.82) is 0 Å². The van der Waals surface area contributed by atoms with E-state index in [1.807, 2.05) is 13.8 Å². The van der Waals surface area contributed by atoms with Crippen molar-refractivity contribution in [2.24, 2.45) is 0 Å². The van der Waals surface area contributed by atoms with Gasteiger partial charge in [0.15, 0.2) is 0 Å². The maximum absolute atomic E-state index is 12.3. The molecule has 25 heavy (non-hydrogen) atoms. The molecule has 0 bridgehead atoms. The van der Waals surface area contributed by atoms with Gasteiger partial charge in [-0.3, -0.25) is 9.78 Å². The third-order valence-electron chi connectivity index (χ3n) is 3.49. The van der Waals surface area contributed by atoms with Crippen molar-refractivity contribution < 1.29 is 13.2 Å². The number of sulfonamides is 1. The first kappa shape index (κ1) is 18.9. The third kappa shape index (κ3) is 5.26.